The molecule has 0 unspecified atom stereocenters. The first kappa shape index (κ1) is 17.1. The van der Waals surface area contributed by atoms with Crippen molar-refractivity contribution in [3.05, 3.63) is 78.3 Å². The summed E-state index contributed by atoms with van der Waals surface area (Å²) in [4.78, 5) is 16.9. The van der Waals surface area contributed by atoms with E-state index in [1.807, 2.05) is 37.3 Å². The van der Waals surface area contributed by atoms with E-state index < -0.39 is 0 Å². The molecule has 1 amide bonds. The maximum absolute atomic E-state index is 12.5. The van der Waals surface area contributed by atoms with Crippen molar-refractivity contribution in [2.24, 2.45) is 0 Å². The van der Waals surface area contributed by atoms with Gasteiger partial charge in [0, 0.05) is 24.8 Å². The van der Waals surface area contributed by atoms with E-state index in [2.05, 4.69) is 39.3 Å². The van der Waals surface area contributed by atoms with Crippen LogP contribution in [-0.2, 0) is 6.54 Å². The van der Waals surface area contributed by atoms with Crippen LogP contribution in [0, 0.1) is 6.92 Å². The third-order valence-corrected chi connectivity index (χ3v) is 4.65. The molecule has 27 heavy (non-hydrogen) atoms. The molecule has 3 heterocycles. The van der Waals surface area contributed by atoms with Gasteiger partial charge in [-0.3, -0.25) is 4.79 Å². The summed E-state index contributed by atoms with van der Waals surface area (Å²) in [6.45, 7) is 3.32. The second-order valence-electron chi connectivity index (χ2n) is 6.48. The van der Waals surface area contributed by atoms with E-state index in [9.17, 15) is 4.79 Å². The van der Waals surface area contributed by atoms with Gasteiger partial charge in [-0.1, -0.05) is 18.2 Å². The molecule has 4 rings (SSSR count). The first-order valence-electron chi connectivity index (χ1n) is 9.06. The molecule has 0 bridgehead atoms. The van der Waals surface area contributed by atoms with Crippen molar-refractivity contribution in [3.63, 3.8) is 0 Å². The summed E-state index contributed by atoms with van der Waals surface area (Å²) < 4.78 is 7.57. The second-order valence-corrected chi connectivity index (χ2v) is 6.48. The summed E-state index contributed by atoms with van der Waals surface area (Å²) in [7, 11) is 0. The monoisotopic (exact) mass is 359 g/mol. The van der Waals surface area contributed by atoms with Crippen LogP contribution in [-0.4, -0.2) is 22.0 Å². The number of hydrogen-bond acceptors (Lipinski definition) is 3. The van der Waals surface area contributed by atoms with Gasteiger partial charge >= 0.3 is 0 Å². The molecule has 1 N–H and O–H groups in total. The van der Waals surface area contributed by atoms with Crippen LogP contribution in [0.3, 0.4) is 0 Å². The molecule has 0 radical (unpaired) electrons. The number of para-hydroxylation sites is 1. The Kier molecular flexibility index (Phi) is 4.75. The van der Waals surface area contributed by atoms with Crippen LogP contribution in [0.2, 0.25) is 0 Å². The minimum atomic E-state index is -0.0941. The lowest BCUT2D eigenvalue weighted by molar-refractivity contribution is 0.0951. The van der Waals surface area contributed by atoms with Crippen molar-refractivity contribution in [1.29, 1.82) is 0 Å². The van der Waals surface area contributed by atoms with Gasteiger partial charge in [-0.25, -0.2) is 4.98 Å². The lowest BCUT2D eigenvalue weighted by Gasteiger charge is -2.09. The number of rotatable bonds is 6. The Morgan fingerprint density at radius 1 is 1.11 bits per heavy atom. The zero-order chi connectivity index (χ0) is 18.6. The van der Waals surface area contributed by atoms with E-state index in [4.69, 9.17) is 4.42 Å². The van der Waals surface area contributed by atoms with E-state index in [-0.39, 0.29) is 5.91 Å². The molecule has 0 aliphatic carbocycles. The standard InChI is InChI=1S/C22H21N3O2/c1-16-18(9-10-19(24-16)21-8-4-15-27-21)22(26)23-12-5-13-25-14-11-17-6-2-3-7-20(17)25/h2-4,6-11,14-15H,5,12-13H2,1H3,(H,23,26). The van der Waals surface area contributed by atoms with Gasteiger partial charge in [0.15, 0.2) is 5.76 Å². The summed E-state index contributed by atoms with van der Waals surface area (Å²) in [5, 5.41) is 4.22. The fourth-order valence-electron chi connectivity index (χ4n) is 3.24. The van der Waals surface area contributed by atoms with E-state index in [0.29, 0.717) is 23.6 Å². The highest BCUT2D eigenvalue weighted by molar-refractivity contribution is 5.95. The lowest BCUT2D eigenvalue weighted by atomic mass is 10.1. The van der Waals surface area contributed by atoms with Crippen molar-refractivity contribution < 1.29 is 9.21 Å². The number of benzene rings is 1. The highest BCUT2D eigenvalue weighted by Crippen LogP contribution is 2.19. The molecule has 1 aromatic carbocycles. The van der Waals surface area contributed by atoms with Crippen molar-refractivity contribution in [2.45, 2.75) is 19.9 Å². The smallest absolute Gasteiger partial charge is 0.253 e. The summed E-state index contributed by atoms with van der Waals surface area (Å²) >= 11 is 0. The van der Waals surface area contributed by atoms with Crippen LogP contribution in [0.4, 0.5) is 0 Å². The van der Waals surface area contributed by atoms with Crippen LogP contribution in [0.25, 0.3) is 22.4 Å². The third-order valence-electron chi connectivity index (χ3n) is 4.65. The summed E-state index contributed by atoms with van der Waals surface area (Å²) in [6, 6.07) is 17.7. The van der Waals surface area contributed by atoms with Crippen LogP contribution >= 0.6 is 0 Å². The largest absolute Gasteiger partial charge is 0.463 e. The average molecular weight is 359 g/mol. The molecular weight excluding hydrogens is 338 g/mol. The van der Waals surface area contributed by atoms with Crippen LogP contribution in [0.5, 0.6) is 0 Å². The van der Waals surface area contributed by atoms with E-state index in [1.165, 1.54) is 10.9 Å². The Morgan fingerprint density at radius 3 is 2.81 bits per heavy atom. The minimum absolute atomic E-state index is 0.0941. The molecule has 3 aromatic heterocycles. The Balaban J connectivity index is 1.34. The minimum Gasteiger partial charge on any atom is -0.463 e. The Labute approximate surface area is 157 Å². The fourth-order valence-corrected chi connectivity index (χ4v) is 3.24. The van der Waals surface area contributed by atoms with Crippen molar-refractivity contribution in [3.8, 4) is 11.5 Å². The first-order valence-corrected chi connectivity index (χ1v) is 9.06. The summed E-state index contributed by atoms with van der Waals surface area (Å²) in [5.74, 6) is 0.604. The number of carbonyl (C=O) groups is 1. The zero-order valence-electron chi connectivity index (χ0n) is 15.2. The zero-order valence-corrected chi connectivity index (χ0v) is 15.2. The van der Waals surface area contributed by atoms with Gasteiger partial charge < -0.3 is 14.3 Å². The first-order chi connectivity index (χ1) is 13.2. The number of nitrogens with one attached hydrogen (secondary N) is 1. The molecule has 0 aliphatic rings. The maximum atomic E-state index is 12.5. The molecule has 5 heteroatoms. The van der Waals surface area contributed by atoms with Gasteiger partial charge in [-0.2, -0.15) is 0 Å². The highest BCUT2D eigenvalue weighted by atomic mass is 16.3. The van der Waals surface area contributed by atoms with Crippen molar-refractivity contribution in [1.82, 2.24) is 14.9 Å². The van der Waals surface area contributed by atoms with E-state index in [0.717, 1.165) is 18.7 Å². The van der Waals surface area contributed by atoms with Gasteiger partial charge in [0.05, 0.1) is 17.5 Å². The number of hydrogen-bond donors (Lipinski definition) is 1. The van der Waals surface area contributed by atoms with Gasteiger partial charge in [-0.15, -0.1) is 0 Å². The Morgan fingerprint density at radius 2 is 2.00 bits per heavy atom. The molecule has 136 valence electrons. The van der Waals surface area contributed by atoms with Gasteiger partial charge in [-0.05, 0) is 55.1 Å². The topological polar surface area (TPSA) is 60.1 Å². The SMILES string of the molecule is Cc1nc(-c2ccco2)ccc1C(=O)NCCCn1ccc2ccccc21. The number of nitrogens with zero attached hydrogens (tertiary/aromatic N) is 2. The molecule has 5 nitrogen and oxygen atoms in total. The van der Waals surface area contributed by atoms with E-state index >= 15 is 0 Å². The molecule has 0 atom stereocenters. The van der Waals surface area contributed by atoms with Crippen molar-refractivity contribution >= 4 is 16.8 Å². The van der Waals surface area contributed by atoms with Crippen LogP contribution in [0.1, 0.15) is 22.5 Å². The number of furan rings is 1. The predicted octanol–water partition coefficient (Wildman–Crippen LogP) is 4.42. The third kappa shape index (κ3) is 3.62. The second kappa shape index (κ2) is 7.50. The Bertz CT molecular complexity index is 1060. The number of aromatic nitrogens is 2. The summed E-state index contributed by atoms with van der Waals surface area (Å²) in [5.41, 5.74) is 3.24. The lowest BCUT2D eigenvalue weighted by Crippen LogP contribution is -2.26. The van der Waals surface area contributed by atoms with Crippen LogP contribution < -0.4 is 5.32 Å². The molecule has 0 spiro atoms. The number of amides is 1. The quantitative estimate of drug-likeness (QED) is 0.518. The molecule has 0 fully saturated rings. The maximum Gasteiger partial charge on any atom is 0.253 e. The summed E-state index contributed by atoms with van der Waals surface area (Å²) in [6.07, 6.45) is 4.57. The highest BCUT2D eigenvalue weighted by Gasteiger charge is 2.12. The normalized spacial score (nSPS) is 11.0. The molecule has 0 saturated heterocycles. The molecule has 0 aliphatic heterocycles. The fraction of sp³-hybridized carbons (Fsp3) is 0.182. The average Bonchev–Trinajstić information content (AvgIpc) is 3.35. The van der Waals surface area contributed by atoms with Gasteiger partial charge in [0.2, 0.25) is 0 Å². The number of carbonyl (C=O) groups excluding carboxylic acids is 1. The van der Waals surface area contributed by atoms with Gasteiger partial charge in [0.25, 0.3) is 5.91 Å². The van der Waals surface area contributed by atoms with Crippen LogP contribution in [0.15, 0.2) is 71.5 Å². The number of aryl methyl sites for hydroxylation is 2. The Hall–Kier alpha value is -3.34. The molecule has 0 saturated carbocycles. The van der Waals surface area contributed by atoms with E-state index in [1.54, 1.807) is 12.3 Å². The number of pyridine rings is 1. The van der Waals surface area contributed by atoms with Gasteiger partial charge in [0.1, 0.15) is 5.69 Å². The predicted molar refractivity (Wildman–Crippen MR) is 106 cm³/mol. The number of fused-ring (bicyclic) bond motifs is 1. The molecular formula is C22H21N3O2. The molecule has 4 aromatic rings. The van der Waals surface area contributed by atoms with Crippen molar-refractivity contribution in [2.75, 3.05) is 6.54 Å².